The Labute approximate surface area is 130 Å². The van der Waals surface area contributed by atoms with Crippen LogP contribution in [-0.2, 0) is 0 Å². The second-order valence-corrected chi connectivity index (χ2v) is 6.39. The van der Waals surface area contributed by atoms with Gasteiger partial charge in [-0.2, -0.15) is 0 Å². The number of nitrogens with one attached hydrogen (secondary N) is 3. The lowest BCUT2D eigenvalue weighted by Crippen LogP contribution is -2.42. The summed E-state index contributed by atoms with van der Waals surface area (Å²) in [4.78, 5) is 12.5. The molecule has 4 nitrogen and oxygen atoms in total. The maximum Gasteiger partial charge on any atom is 0.251 e. The molecule has 2 aromatic rings. The molecule has 4 heteroatoms. The molecule has 0 aromatic heterocycles. The molecule has 22 heavy (non-hydrogen) atoms. The minimum absolute atomic E-state index is 0.0381. The zero-order valence-corrected chi connectivity index (χ0v) is 12.7. The van der Waals surface area contributed by atoms with Gasteiger partial charge in [-0.25, -0.2) is 0 Å². The molecule has 2 aromatic carbocycles. The number of carbonyl (C=O) groups excluding carboxylic acids is 1. The fraction of sp³-hybridized carbons (Fsp3) is 0.389. The Bertz CT molecular complexity index is 727. The molecule has 0 aliphatic carbocycles. The Morgan fingerprint density at radius 2 is 2.00 bits per heavy atom. The molecule has 0 unspecified atom stereocenters. The lowest BCUT2D eigenvalue weighted by Gasteiger charge is -2.21. The summed E-state index contributed by atoms with van der Waals surface area (Å²) in [7, 11) is 1.90. The molecular formula is C18H21N3O. The van der Waals surface area contributed by atoms with E-state index in [2.05, 4.69) is 28.1 Å². The molecule has 3 N–H and O–H groups in total. The lowest BCUT2D eigenvalue weighted by atomic mass is 9.95. The molecule has 0 saturated carbocycles. The van der Waals surface area contributed by atoms with Crippen molar-refractivity contribution in [2.45, 2.75) is 37.4 Å². The first-order chi connectivity index (χ1) is 10.7. The fourth-order valence-corrected chi connectivity index (χ4v) is 3.78. The standard InChI is InChI=1S/C18H21N3O/c1-19-14-5-4-11-2-3-12(8-13(11)9-14)18(22)21-17-10-15-6-7-16(17)20-15/h2-5,8-9,15-17,19-20H,6-7,10H2,1H3,(H,21,22)/t15-,16+,17-/m1/s1. The van der Waals surface area contributed by atoms with Crippen LogP contribution in [0.3, 0.4) is 0 Å². The molecular weight excluding hydrogens is 274 g/mol. The van der Waals surface area contributed by atoms with Crippen LogP contribution in [0.2, 0.25) is 0 Å². The molecule has 4 rings (SSSR count). The van der Waals surface area contributed by atoms with Crippen molar-refractivity contribution in [2.75, 3.05) is 12.4 Å². The van der Waals surface area contributed by atoms with Gasteiger partial charge in [-0.3, -0.25) is 4.79 Å². The van der Waals surface area contributed by atoms with E-state index in [1.165, 1.54) is 12.8 Å². The van der Waals surface area contributed by atoms with E-state index < -0.39 is 0 Å². The fourth-order valence-electron chi connectivity index (χ4n) is 3.78. The van der Waals surface area contributed by atoms with Crippen LogP contribution < -0.4 is 16.0 Å². The Morgan fingerprint density at radius 1 is 1.14 bits per heavy atom. The minimum atomic E-state index is 0.0381. The van der Waals surface area contributed by atoms with E-state index in [4.69, 9.17) is 0 Å². The van der Waals surface area contributed by atoms with Crippen LogP contribution >= 0.6 is 0 Å². The Kier molecular flexibility index (Phi) is 3.26. The van der Waals surface area contributed by atoms with Gasteiger partial charge in [0.15, 0.2) is 0 Å². The second-order valence-electron chi connectivity index (χ2n) is 6.39. The van der Waals surface area contributed by atoms with E-state index in [-0.39, 0.29) is 11.9 Å². The lowest BCUT2D eigenvalue weighted by molar-refractivity contribution is 0.0931. The molecule has 2 saturated heterocycles. The smallest absolute Gasteiger partial charge is 0.251 e. The summed E-state index contributed by atoms with van der Waals surface area (Å²) in [6.45, 7) is 0. The van der Waals surface area contributed by atoms with E-state index in [1.807, 2.05) is 31.3 Å². The van der Waals surface area contributed by atoms with Gasteiger partial charge in [0.05, 0.1) is 0 Å². The van der Waals surface area contributed by atoms with E-state index >= 15 is 0 Å². The van der Waals surface area contributed by atoms with Gasteiger partial charge in [0.1, 0.15) is 0 Å². The molecule has 2 bridgehead atoms. The average molecular weight is 295 g/mol. The van der Waals surface area contributed by atoms with E-state index in [0.29, 0.717) is 12.1 Å². The van der Waals surface area contributed by atoms with Crippen LogP contribution in [0.5, 0.6) is 0 Å². The summed E-state index contributed by atoms with van der Waals surface area (Å²) in [5, 5.41) is 12.1. The maximum absolute atomic E-state index is 12.5. The van der Waals surface area contributed by atoms with Crippen LogP contribution in [0.4, 0.5) is 5.69 Å². The summed E-state index contributed by atoms with van der Waals surface area (Å²) in [5.74, 6) is 0.0381. The summed E-state index contributed by atoms with van der Waals surface area (Å²) >= 11 is 0. The van der Waals surface area contributed by atoms with Crippen molar-refractivity contribution in [3.8, 4) is 0 Å². The molecule has 0 radical (unpaired) electrons. The normalized spacial score (nSPS) is 26.3. The van der Waals surface area contributed by atoms with Crippen molar-refractivity contribution in [1.82, 2.24) is 10.6 Å². The third-order valence-electron chi connectivity index (χ3n) is 5.01. The van der Waals surface area contributed by atoms with Crippen LogP contribution in [0.1, 0.15) is 29.6 Å². The molecule has 1 amide bonds. The number of benzene rings is 2. The van der Waals surface area contributed by atoms with Crippen molar-refractivity contribution >= 4 is 22.4 Å². The van der Waals surface area contributed by atoms with Crippen molar-refractivity contribution in [3.63, 3.8) is 0 Å². The zero-order valence-electron chi connectivity index (χ0n) is 12.7. The van der Waals surface area contributed by atoms with Crippen molar-refractivity contribution in [1.29, 1.82) is 0 Å². The highest BCUT2D eigenvalue weighted by Gasteiger charge is 2.39. The number of rotatable bonds is 3. The van der Waals surface area contributed by atoms with Gasteiger partial charge in [-0.15, -0.1) is 0 Å². The predicted octanol–water partition coefficient (Wildman–Crippen LogP) is 2.50. The maximum atomic E-state index is 12.5. The second kappa shape index (κ2) is 5.29. The van der Waals surface area contributed by atoms with Gasteiger partial charge in [0, 0.05) is 36.4 Å². The summed E-state index contributed by atoms with van der Waals surface area (Å²) < 4.78 is 0. The highest BCUT2D eigenvalue weighted by Crippen LogP contribution is 2.28. The van der Waals surface area contributed by atoms with Gasteiger partial charge >= 0.3 is 0 Å². The van der Waals surface area contributed by atoms with E-state index in [1.54, 1.807) is 0 Å². The third-order valence-corrected chi connectivity index (χ3v) is 5.01. The SMILES string of the molecule is CNc1ccc2ccc(C(=O)N[C@@H]3C[C@H]4CC[C@@H]3N4)cc2c1. The number of amides is 1. The largest absolute Gasteiger partial charge is 0.388 e. The van der Waals surface area contributed by atoms with Crippen molar-refractivity contribution in [2.24, 2.45) is 0 Å². The van der Waals surface area contributed by atoms with Crippen LogP contribution in [0.25, 0.3) is 10.8 Å². The number of anilines is 1. The summed E-state index contributed by atoms with van der Waals surface area (Å²) in [6.07, 6.45) is 3.49. The number of hydrogen-bond acceptors (Lipinski definition) is 3. The predicted molar refractivity (Wildman–Crippen MR) is 89.3 cm³/mol. The van der Waals surface area contributed by atoms with Crippen molar-refractivity contribution in [3.05, 3.63) is 42.0 Å². The number of carbonyl (C=O) groups is 1. The monoisotopic (exact) mass is 295 g/mol. The number of hydrogen-bond donors (Lipinski definition) is 3. The van der Waals surface area contributed by atoms with Gasteiger partial charge in [-0.1, -0.05) is 12.1 Å². The Balaban J connectivity index is 1.56. The van der Waals surface area contributed by atoms with Crippen LogP contribution in [0.15, 0.2) is 36.4 Å². The molecule has 2 heterocycles. The quantitative estimate of drug-likeness (QED) is 0.815. The highest BCUT2D eigenvalue weighted by molar-refractivity contribution is 5.99. The average Bonchev–Trinajstić information content (AvgIpc) is 3.16. The summed E-state index contributed by atoms with van der Waals surface area (Å²) in [6, 6.07) is 13.4. The minimum Gasteiger partial charge on any atom is -0.388 e. The zero-order chi connectivity index (χ0) is 15.1. The van der Waals surface area contributed by atoms with Gasteiger partial charge in [-0.05, 0) is 54.3 Å². The molecule has 2 aliphatic rings. The van der Waals surface area contributed by atoms with E-state index in [0.717, 1.165) is 28.4 Å². The highest BCUT2D eigenvalue weighted by atomic mass is 16.1. The Morgan fingerprint density at radius 3 is 2.73 bits per heavy atom. The van der Waals surface area contributed by atoms with Crippen LogP contribution in [-0.4, -0.2) is 31.1 Å². The first kappa shape index (κ1) is 13.6. The molecule has 2 fully saturated rings. The Hall–Kier alpha value is -2.07. The van der Waals surface area contributed by atoms with Gasteiger partial charge < -0.3 is 16.0 Å². The first-order valence-electron chi connectivity index (χ1n) is 8.01. The first-order valence-corrected chi connectivity index (χ1v) is 8.01. The van der Waals surface area contributed by atoms with Gasteiger partial charge in [0.2, 0.25) is 0 Å². The topological polar surface area (TPSA) is 53.2 Å². The molecule has 0 spiro atoms. The van der Waals surface area contributed by atoms with E-state index in [9.17, 15) is 4.79 Å². The van der Waals surface area contributed by atoms with Crippen LogP contribution in [0, 0.1) is 0 Å². The number of fused-ring (bicyclic) bond motifs is 3. The summed E-state index contributed by atoms with van der Waals surface area (Å²) in [5.41, 5.74) is 1.80. The van der Waals surface area contributed by atoms with Crippen molar-refractivity contribution < 1.29 is 4.79 Å². The third kappa shape index (κ3) is 2.33. The van der Waals surface area contributed by atoms with Gasteiger partial charge in [0.25, 0.3) is 5.91 Å². The molecule has 2 aliphatic heterocycles. The molecule has 114 valence electrons. The molecule has 3 atom stereocenters.